The van der Waals surface area contributed by atoms with Crippen LogP contribution in [0.15, 0.2) is 83.9 Å². The number of alkyl halides is 3. The quantitative estimate of drug-likeness (QED) is 0.361. The van der Waals surface area contributed by atoms with E-state index in [-0.39, 0.29) is 10.8 Å². The second-order valence-electron chi connectivity index (χ2n) is 9.35. The molecule has 1 N–H and O–H groups in total. The fourth-order valence-corrected chi connectivity index (χ4v) is 5.88. The number of aryl methyl sites for hydroxylation is 1. The zero-order chi connectivity index (χ0) is 27.8. The van der Waals surface area contributed by atoms with Crippen molar-refractivity contribution in [2.75, 3.05) is 35.8 Å². The lowest BCUT2D eigenvalue weighted by Crippen LogP contribution is -2.48. The van der Waals surface area contributed by atoms with Crippen LogP contribution in [0.25, 0.3) is 10.9 Å². The normalized spacial score (nSPS) is 14.5. The maximum atomic E-state index is 13.2. The minimum Gasteiger partial charge on any atom is -0.368 e. The molecule has 5 rings (SSSR count). The fourth-order valence-electron chi connectivity index (χ4n) is 4.64. The first-order chi connectivity index (χ1) is 18.5. The Hall–Kier alpha value is -4.12. The molecule has 1 aliphatic rings. The Bertz CT molecular complexity index is 1630. The smallest absolute Gasteiger partial charge is 0.368 e. The minimum absolute atomic E-state index is 0.0505. The van der Waals surface area contributed by atoms with Crippen molar-refractivity contribution in [3.8, 4) is 0 Å². The van der Waals surface area contributed by atoms with E-state index < -0.39 is 21.8 Å². The van der Waals surface area contributed by atoms with E-state index in [1.165, 1.54) is 24.4 Å². The molecule has 0 unspecified atom stereocenters. The van der Waals surface area contributed by atoms with Crippen LogP contribution in [0.5, 0.6) is 0 Å². The average Bonchev–Trinajstić information content (AvgIpc) is 2.92. The van der Waals surface area contributed by atoms with E-state index in [1.807, 2.05) is 4.90 Å². The van der Waals surface area contributed by atoms with Crippen LogP contribution in [-0.4, -0.2) is 50.4 Å². The SMILES string of the molecule is Cc1cc(N2CCN(C(=O)c3ccc(NS(=O)(=O)c4cccc5cccnc45)cc3)CC2)cc(C(F)(F)F)c1. The largest absolute Gasteiger partial charge is 0.416 e. The van der Waals surface area contributed by atoms with Gasteiger partial charge in [0.2, 0.25) is 0 Å². The van der Waals surface area contributed by atoms with Crippen LogP contribution >= 0.6 is 0 Å². The number of anilines is 2. The van der Waals surface area contributed by atoms with Crippen molar-refractivity contribution in [1.29, 1.82) is 0 Å². The lowest BCUT2D eigenvalue weighted by Gasteiger charge is -2.36. The summed E-state index contributed by atoms with van der Waals surface area (Å²) in [7, 11) is -3.93. The van der Waals surface area contributed by atoms with Gasteiger partial charge in [-0.05, 0) is 67.1 Å². The molecule has 1 aliphatic heterocycles. The molecule has 0 aliphatic carbocycles. The maximum Gasteiger partial charge on any atom is 0.416 e. The second-order valence-corrected chi connectivity index (χ2v) is 11.0. The van der Waals surface area contributed by atoms with Crippen LogP contribution in [0.4, 0.5) is 24.5 Å². The summed E-state index contributed by atoms with van der Waals surface area (Å²) in [5.74, 6) is -0.234. The topological polar surface area (TPSA) is 82.6 Å². The van der Waals surface area contributed by atoms with Crippen LogP contribution < -0.4 is 9.62 Å². The Balaban J connectivity index is 1.24. The molecule has 7 nitrogen and oxygen atoms in total. The Labute approximate surface area is 223 Å². The molecule has 1 aromatic heterocycles. The van der Waals surface area contributed by atoms with E-state index in [1.54, 1.807) is 54.3 Å². The van der Waals surface area contributed by atoms with Gasteiger partial charge in [0.05, 0.1) is 11.1 Å². The number of carbonyl (C=O) groups is 1. The zero-order valence-corrected chi connectivity index (χ0v) is 21.8. The van der Waals surface area contributed by atoms with Crippen molar-refractivity contribution in [1.82, 2.24) is 9.88 Å². The molecule has 2 heterocycles. The molecule has 1 fully saturated rings. The number of para-hydroxylation sites is 1. The number of amides is 1. The Morgan fingerprint density at radius 1 is 0.923 bits per heavy atom. The number of hydrogen-bond donors (Lipinski definition) is 1. The first-order valence-corrected chi connectivity index (χ1v) is 13.7. The lowest BCUT2D eigenvalue weighted by atomic mass is 10.1. The van der Waals surface area contributed by atoms with Gasteiger partial charge in [-0.2, -0.15) is 13.2 Å². The average molecular weight is 555 g/mol. The number of benzene rings is 3. The highest BCUT2D eigenvalue weighted by Gasteiger charge is 2.32. The van der Waals surface area contributed by atoms with Gasteiger partial charge in [0.1, 0.15) is 4.90 Å². The molecular formula is C28H25F3N4O3S. The maximum absolute atomic E-state index is 13.2. The van der Waals surface area contributed by atoms with Gasteiger partial charge >= 0.3 is 6.18 Å². The van der Waals surface area contributed by atoms with Gasteiger partial charge in [-0.25, -0.2) is 8.42 Å². The van der Waals surface area contributed by atoms with Crippen LogP contribution in [0.2, 0.25) is 0 Å². The van der Waals surface area contributed by atoms with E-state index in [0.29, 0.717) is 59.6 Å². The Morgan fingerprint density at radius 3 is 2.31 bits per heavy atom. The Kier molecular flexibility index (Phi) is 6.94. The molecule has 3 aromatic carbocycles. The van der Waals surface area contributed by atoms with E-state index >= 15 is 0 Å². The standard InChI is InChI=1S/C28H25F3N4O3S/c1-19-16-22(28(29,30)31)18-24(17-19)34-12-14-35(15-13-34)27(36)21-7-9-23(10-8-21)33-39(37,38)25-6-2-4-20-5-3-11-32-26(20)25/h2-11,16-18,33H,12-15H2,1H3. The summed E-state index contributed by atoms with van der Waals surface area (Å²) in [6, 6.07) is 18.5. The highest BCUT2D eigenvalue weighted by Crippen LogP contribution is 2.33. The van der Waals surface area contributed by atoms with Gasteiger partial charge in [0.15, 0.2) is 0 Å². The number of aromatic nitrogens is 1. The third-order valence-electron chi connectivity index (χ3n) is 6.59. The molecular weight excluding hydrogens is 529 g/mol. The lowest BCUT2D eigenvalue weighted by molar-refractivity contribution is -0.137. The molecule has 0 atom stereocenters. The van der Waals surface area contributed by atoms with Gasteiger partial charge < -0.3 is 9.80 Å². The van der Waals surface area contributed by atoms with Crippen molar-refractivity contribution in [2.45, 2.75) is 18.0 Å². The van der Waals surface area contributed by atoms with E-state index in [2.05, 4.69) is 9.71 Å². The molecule has 0 spiro atoms. The summed E-state index contributed by atoms with van der Waals surface area (Å²) in [5, 5.41) is 0.699. The van der Waals surface area contributed by atoms with Gasteiger partial charge in [-0.3, -0.25) is 14.5 Å². The van der Waals surface area contributed by atoms with E-state index in [4.69, 9.17) is 0 Å². The molecule has 1 saturated heterocycles. The number of carbonyl (C=O) groups excluding carboxylic acids is 1. The number of halogens is 3. The summed E-state index contributed by atoms with van der Waals surface area (Å²) in [6.07, 6.45) is -2.90. The third kappa shape index (κ3) is 5.68. The fraction of sp³-hybridized carbons (Fsp3) is 0.214. The van der Waals surface area contributed by atoms with Gasteiger partial charge in [-0.1, -0.05) is 18.2 Å². The van der Waals surface area contributed by atoms with Crippen molar-refractivity contribution < 1.29 is 26.4 Å². The number of piperazine rings is 1. The molecule has 1 amide bonds. The molecule has 202 valence electrons. The highest BCUT2D eigenvalue weighted by molar-refractivity contribution is 7.93. The van der Waals surface area contributed by atoms with E-state index in [9.17, 15) is 26.4 Å². The zero-order valence-electron chi connectivity index (χ0n) is 20.9. The van der Waals surface area contributed by atoms with Gasteiger partial charge in [0, 0.05) is 54.7 Å². The van der Waals surface area contributed by atoms with Crippen LogP contribution in [-0.2, 0) is 16.2 Å². The molecule has 0 radical (unpaired) electrons. The van der Waals surface area contributed by atoms with E-state index in [0.717, 1.165) is 12.1 Å². The second kappa shape index (κ2) is 10.2. The summed E-state index contributed by atoms with van der Waals surface area (Å²) in [5.41, 5.74) is 1.35. The van der Waals surface area contributed by atoms with Crippen LogP contribution in [0, 0.1) is 6.92 Å². The number of nitrogens with zero attached hydrogens (tertiary/aromatic N) is 3. The molecule has 0 saturated carbocycles. The first-order valence-electron chi connectivity index (χ1n) is 12.2. The first kappa shape index (κ1) is 26.5. The van der Waals surface area contributed by atoms with Crippen molar-refractivity contribution in [2.24, 2.45) is 0 Å². The number of rotatable bonds is 5. The van der Waals surface area contributed by atoms with Crippen molar-refractivity contribution >= 4 is 38.2 Å². The number of pyridine rings is 1. The number of hydrogen-bond acceptors (Lipinski definition) is 5. The Morgan fingerprint density at radius 2 is 1.62 bits per heavy atom. The van der Waals surface area contributed by atoms with Gasteiger partial charge in [-0.15, -0.1) is 0 Å². The number of fused-ring (bicyclic) bond motifs is 1. The minimum atomic E-state index is -4.43. The third-order valence-corrected chi connectivity index (χ3v) is 8.00. The van der Waals surface area contributed by atoms with Crippen LogP contribution in [0.3, 0.4) is 0 Å². The summed E-state index contributed by atoms with van der Waals surface area (Å²) in [4.78, 5) is 20.8. The number of nitrogens with one attached hydrogen (secondary N) is 1. The van der Waals surface area contributed by atoms with Crippen LogP contribution in [0.1, 0.15) is 21.5 Å². The summed E-state index contributed by atoms with van der Waals surface area (Å²) < 4.78 is 68.3. The molecule has 0 bridgehead atoms. The highest BCUT2D eigenvalue weighted by atomic mass is 32.2. The van der Waals surface area contributed by atoms with Crippen molar-refractivity contribution in [3.63, 3.8) is 0 Å². The molecule has 39 heavy (non-hydrogen) atoms. The summed E-state index contributed by atoms with van der Waals surface area (Å²) >= 11 is 0. The monoisotopic (exact) mass is 554 g/mol. The molecule has 11 heteroatoms. The molecule has 4 aromatic rings. The predicted molar refractivity (Wildman–Crippen MR) is 143 cm³/mol. The van der Waals surface area contributed by atoms with Crippen molar-refractivity contribution in [3.05, 3.63) is 95.7 Å². The van der Waals surface area contributed by atoms with Gasteiger partial charge in [0.25, 0.3) is 15.9 Å². The number of sulfonamides is 1. The predicted octanol–water partition coefficient (Wildman–Crippen LogP) is 5.33. The summed E-state index contributed by atoms with van der Waals surface area (Å²) in [6.45, 7) is 3.10.